The van der Waals surface area contributed by atoms with Crippen molar-refractivity contribution in [2.24, 2.45) is 0 Å². The molecule has 0 spiro atoms. The molecule has 2 nitrogen and oxygen atoms in total. The molecule has 1 aromatic rings. The second kappa shape index (κ2) is 4.18. The van der Waals surface area contributed by atoms with Gasteiger partial charge in [0, 0.05) is 4.47 Å². The zero-order valence-corrected chi connectivity index (χ0v) is 8.62. The van der Waals surface area contributed by atoms with Crippen molar-refractivity contribution in [2.75, 3.05) is 5.32 Å². The molecule has 0 aliphatic rings. The minimum Gasteiger partial charge on any atom is -0.326 e. The van der Waals surface area contributed by atoms with Crippen LogP contribution in [-0.4, -0.2) is 6.41 Å². The molecule has 82 valence electrons. The van der Waals surface area contributed by atoms with Crippen LogP contribution in [0.5, 0.6) is 0 Å². The molecule has 0 aliphatic carbocycles. The largest absolute Gasteiger partial charge is 0.420 e. The number of nitrogens with one attached hydrogen (secondary N) is 1. The fourth-order valence-corrected chi connectivity index (χ4v) is 1.52. The average Bonchev–Trinajstić information content (AvgIpc) is 2.08. The van der Waals surface area contributed by atoms with E-state index in [-0.39, 0.29) is 6.41 Å². The number of carbonyl (C=O) groups is 1. The molecule has 0 aliphatic heterocycles. The number of hydrogen-bond acceptors (Lipinski definition) is 1. The molecule has 0 bridgehead atoms. The first kappa shape index (κ1) is 12.0. The average molecular weight is 286 g/mol. The Hall–Kier alpha value is -1.11. The number of alkyl halides is 3. The fourth-order valence-electron chi connectivity index (χ4n) is 0.987. The lowest BCUT2D eigenvalue weighted by molar-refractivity contribution is -0.140. The van der Waals surface area contributed by atoms with Crippen LogP contribution in [0.3, 0.4) is 0 Å². The van der Waals surface area contributed by atoms with Crippen LogP contribution in [0.15, 0.2) is 16.6 Å². The van der Waals surface area contributed by atoms with Crippen LogP contribution >= 0.6 is 15.9 Å². The van der Waals surface area contributed by atoms with Gasteiger partial charge in [-0.05, 0) is 12.1 Å². The van der Waals surface area contributed by atoms with Crippen molar-refractivity contribution in [3.8, 4) is 0 Å². The van der Waals surface area contributed by atoms with Gasteiger partial charge < -0.3 is 5.32 Å². The topological polar surface area (TPSA) is 29.1 Å². The Labute approximate surface area is 90.4 Å². The zero-order chi connectivity index (χ0) is 11.6. The van der Waals surface area contributed by atoms with E-state index in [0.29, 0.717) is 0 Å². The van der Waals surface area contributed by atoms with E-state index >= 15 is 0 Å². The minimum atomic E-state index is -4.82. The smallest absolute Gasteiger partial charge is 0.326 e. The van der Waals surface area contributed by atoms with Crippen molar-refractivity contribution < 1.29 is 22.4 Å². The third kappa shape index (κ3) is 2.47. The first-order chi connectivity index (χ1) is 6.88. The van der Waals surface area contributed by atoms with E-state index in [2.05, 4.69) is 15.9 Å². The van der Waals surface area contributed by atoms with Crippen molar-refractivity contribution in [3.63, 3.8) is 0 Å². The number of hydrogen-bond donors (Lipinski definition) is 1. The van der Waals surface area contributed by atoms with Gasteiger partial charge in [0.05, 0.1) is 5.69 Å². The summed E-state index contributed by atoms with van der Waals surface area (Å²) in [5.74, 6) is -1.51. The van der Waals surface area contributed by atoms with Crippen molar-refractivity contribution >= 4 is 28.0 Å². The van der Waals surface area contributed by atoms with Crippen molar-refractivity contribution in [1.82, 2.24) is 0 Å². The number of anilines is 1. The summed E-state index contributed by atoms with van der Waals surface area (Å²) < 4.78 is 49.9. The maximum absolute atomic E-state index is 13.2. The second-order valence-electron chi connectivity index (χ2n) is 2.54. The van der Waals surface area contributed by atoms with Crippen LogP contribution in [0.1, 0.15) is 5.56 Å². The maximum Gasteiger partial charge on any atom is 0.420 e. The first-order valence-electron chi connectivity index (χ1n) is 3.63. The monoisotopic (exact) mass is 285 g/mol. The number of benzene rings is 1. The molecule has 1 aromatic carbocycles. The van der Waals surface area contributed by atoms with Crippen LogP contribution in [0, 0.1) is 5.82 Å². The van der Waals surface area contributed by atoms with Gasteiger partial charge in [0.2, 0.25) is 6.41 Å². The highest BCUT2D eigenvalue weighted by molar-refractivity contribution is 9.10. The van der Waals surface area contributed by atoms with Gasteiger partial charge in [-0.25, -0.2) is 4.39 Å². The summed E-state index contributed by atoms with van der Waals surface area (Å²) in [7, 11) is 0. The molecule has 0 fully saturated rings. The lowest BCUT2D eigenvalue weighted by atomic mass is 10.2. The number of amides is 1. The summed E-state index contributed by atoms with van der Waals surface area (Å²) in [5, 5.41) is 1.84. The molecule has 0 radical (unpaired) electrons. The second-order valence-corrected chi connectivity index (χ2v) is 3.40. The lowest BCUT2D eigenvalue weighted by Gasteiger charge is -2.12. The van der Waals surface area contributed by atoms with E-state index in [4.69, 9.17) is 0 Å². The van der Waals surface area contributed by atoms with E-state index in [1.54, 1.807) is 0 Å². The summed E-state index contributed by atoms with van der Waals surface area (Å²) in [5.41, 5.74) is -1.95. The highest BCUT2D eigenvalue weighted by Gasteiger charge is 2.37. The van der Waals surface area contributed by atoms with Gasteiger partial charge in [0.25, 0.3) is 0 Å². The third-order valence-corrected chi connectivity index (χ3v) is 2.25. The molecule has 1 amide bonds. The highest BCUT2D eigenvalue weighted by Crippen LogP contribution is 2.38. The van der Waals surface area contributed by atoms with Crippen LogP contribution in [0.4, 0.5) is 23.2 Å². The van der Waals surface area contributed by atoms with Crippen LogP contribution in [-0.2, 0) is 11.0 Å². The van der Waals surface area contributed by atoms with Crippen molar-refractivity contribution in [3.05, 3.63) is 28.0 Å². The summed E-state index contributed by atoms with van der Waals surface area (Å²) >= 11 is 2.59. The Kier molecular flexibility index (Phi) is 3.33. The van der Waals surface area contributed by atoms with E-state index < -0.39 is 27.7 Å². The van der Waals surface area contributed by atoms with Gasteiger partial charge in [-0.1, -0.05) is 15.9 Å². The Balaban J connectivity index is 3.36. The molecule has 7 heteroatoms. The summed E-state index contributed by atoms with van der Waals surface area (Å²) in [6.45, 7) is 0. The highest BCUT2D eigenvalue weighted by atomic mass is 79.9. The molecule has 15 heavy (non-hydrogen) atoms. The van der Waals surface area contributed by atoms with Gasteiger partial charge in [0.15, 0.2) is 5.82 Å². The molecule has 0 atom stereocenters. The summed E-state index contributed by atoms with van der Waals surface area (Å²) in [6.07, 6.45) is -4.71. The molecule has 0 unspecified atom stereocenters. The Morgan fingerprint density at radius 1 is 1.33 bits per heavy atom. The Morgan fingerprint density at radius 3 is 2.40 bits per heavy atom. The van der Waals surface area contributed by atoms with E-state index in [1.165, 1.54) is 0 Å². The van der Waals surface area contributed by atoms with Gasteiger partial charge in [-0.15, -0.1) is 0 Å². The molecular weight excluding hydrogens is 282 g/mol. The van der Waals surface area contributed by atoms with Gasteiger partial charge >= 0.3 is 6.18 Å². The third-order valence-electron chi connectivity index (χ3n) is 1.59. The molecule has 1 rings (SSSR count). The zero-order valence-electron chi connectivity index (χ0n) is 7.03. The predicted molar refractivity (Wildman–Crippen MR) is 48.8 cm³/mol. The van der Waals surface area contributed by atoms with Crippen molar-refractivity contribution in [1.29, 1.82) is 0 Å². The lowest BCUT2D eigenvalue weighted by Crippen LogP contribution is -2.11. The molecule has 1 N–H and O–H groups in total. The standard InChI is InChI=1S/C8H4BrF4NO/c9-4-1-2-5(14-3-15)7(10)6(4)8(11,12)13/h1-3H,(H,14,15). The molecular formula is C8H4BrF4NO. The van der Waals surface area contributed by atoms with Crippen LogP contribution < -0.4 is 5.32 Å². The van der Waals surface area contributed by atoms with Crippen LogP contribution in [0.25, 0.3) is 0 Å². The van der Waals surface area contributed by atoms with Crippen LogP contribution in [0.2, 0.25) is 0 Å². The minimum absolute atomic E-state index is 0.104. The number of rotatable bonds is 2. The fraction of sp³-hybridized carbons (Fsp3) is 0.125. The summed E-state index contributed by atoms with van der Waals surface area (Å²) in [4.78, 5) is 10.0. The SMILES string of the molecule is O=CNc1ccc(Br)c(C(F)(F)F)c1F. The molecule has 0 saturated heterocycles. The Morgan fingerprint density at radius 2 is 1.93 bits per heavy atom. The summed E-state index contributed by atoms with van der Waals surface area (Å²) in [6, 6.07) is 2.04. The maximum atomic E-state index is 13.2. The quantitative estimate of drug-likeness (QED) is 0.656. The molecule has 0 heterocycles. The van der Waals surface area contributed by atoms with E-state index in [9.17, 15) is 22.4 Å². The number of halogens is 5. The van der Waals surface area contributed by atoms with Gasteiger partial charge in [0.1, 0.15) is 5.56 Å². The van der Waals surface area contributed by atoms with Crippen molar-refractivity contribution in [2.45, 2.75) is 6.18 Å². The normalized spacial score (nSPS) is 11.3. The van der Waals surface area contributed by atoms with Gasteiger partial charge in [-0.3, -0.25) is 4.79 Å². The number of carbonyl (C=O) groups excluding carboxylic acids is 1. The van der Waals surface area contributed by atoms with Gasteiger partial charge in [-0.2, -0.15) is 13.2 Å². The predicted octanol–water partition coefficient (Wildman–Crippen LogP) is 3.18. The molecule has 0 saturated carbocycles. The Bertz CT molecular complexity index is 391. The van der Waals surface area contributed by atoms with E-state index in [1.807, 2.05) is 5.32 Å². The van der Waals surface area contributed by atoms with E-state index in [0.717, 1.165) is 12.1 Å². The molecule has 0 aromatic heterocycles. The first-order valence-corrected chi connectivity index (χ1v) is 4.42.